The van der Waals surface area contributed by atoms with Crippen molar-refractivity contribution in [2.45, 2.75) is 19.6 Å². The van der Waals surface area contributed by atoms with E-state index >= 15 is 0 Å². The molecule has 1 heterocycles. The number of aryl methyl sites for hydroxylation is 1. The topological polar surface area (TPSA) is 66.0 Å². The molecule has 0 radical (unpaired) electrons. The lowest BCUT2D eigenvalue weighted by molar-refractivity contribution is 0.114. The summed E-state index contributed by atoms with van der Waals surface area (Å²) in [6.45, 7) is 2.07. The first-order valence-corrected chi connectivity index (χ1v) is 5.62. The van der Waals surface area contributed by atoms with Crippen molar-refractivity contribution < 1.29 is 4.74 Å². The van der Waals surface area contributed by atoms with Gasteiger partial charge >= 0.3 is 0 Å². The van der Waals surface area contributed by atoms with Gasteiger partial charge in [-0.25, -0.2) is 0 Å². The summed E-state index contributed by atoms with van der Waals surface area (Å²) in [4.78, 5) is 1.58. The van der Waals surface area contributed by atoms with E-state index < -0.39 is 0 Å². The average molecular weight is 232 g/mol. The summed E-state index contributed by atoms with van der Waals surface area (Å²) >= 11 is 0. The van der Waals surface area contributed by atoms with E-state index in [4.69, 9.17) is 10.5 Å². The van der Waals surface area contributed by atoms with E-state index in [0.29, 0.717) is 19.0 Å². The molecule has 1 aromatic carbocycles. The second kappa shape index (κ2) is 6.00. The van der Waals surface area contributed by atoms with Crippen molar-refractivity contribution in [3.63, 3.8) is 0 Å². The molecule has 0 atom stereocenters. The Kier molecular flexibility index (Phi) is 4.10. The van der Waals surface area contributed by atoms with Gasteiger partial charge in [0.2, 0.25) is 0 Å². The standard InChI is InChI=1S/C12H16N4O/c13-12-9-14-16(15-12)7-4-8-17-10-11-5-2-1-3-6-11/h1-3,5-6,9H,4,7-8,10H2,(H2,13,15). The van der Waals surface area contributed by atoms with Gasteiger partial charge in [-0.1, -0.05) is 30.3 Å². The summed E-state index contributed by atoms with van der Waals surface area (Å²) in [5.41, 5.74) is 6.65. The normalized spacial score (nSPS) is 10.6. The number of nitrogen functional groups attached to an aromatic ring is 1. The molecule has 0 aliphatic heterocycles. The lowest BCUT2D eigenvalue weighted by Crippen LogP contribution is -2.06. The van der Waals surface area contributed by atoms with Crippen molar-refractivity contribution in [3.05, 3.63) is 42.1 Å². The maximum Gasteiger partial charge on any atom is 0.165 e. The highest BCUT2D eigenvalue weighted by atomic mass is 16.5. The van der Waals surface area contributed by atoms with Gasteiger partial charge in [0.25, 0.3) is 0 Å². The first-order chi connectivity index (χ1) is 8.34. The number of ether oxygens (including phenoxy) is 1. The Morgan fingerprint density at radius 1 is 1.24 bits per heavy atom. The Morgan fingerprint density at radius 3 is 2.76 bits per heavy atom. The zero-order chi connectivity index (χ0) is 11.9. The molecule has 0 bridgehead atoms. The van der Waals surface area contributed by atoms with Gasteiger partial charge in [-0.2, -0.15) is 9.90 Å². The van der Waals surface area contributed by atoms with Crippen LogP contribution in [0.15, 0.2) is 36.5 Å². The number of nitrogens with zero attached hydrogens (tertiary/aromatic N) is 3. The minimum absolute atomic E-state index is 0.454. The molecule has 0 saturated carbocycles. The highest BCUT2D eigenvalue weighted by Gasteiger charge is 1.96. The monoisotopic (exact) mass is 232 g/mol. The number of benzene rings is 1. The molecular formula is C12H16N4O. The Bertz CT molecular complexity index is 441. The van der Waals surface area contributed by atoms with Crippen LogP contribution >= 0.6 is 0 Å². The number of hydrogen-bond donors (Lipinski definition) is 1. The zero-order valence-electron chi connectivity index (χ0n) is 9.62. The molecule has 0 amide bonds. The van der Waals surface area contributed by atoms with Gasteiger partial charge in [0, 0.05) is 6.61 Å². The molecule has 0 aliphatic rings. The maximum absolute atomic E-state index is 5.55. The van der Waals surface area contributed by atoms with Crippen LogP contribution in [-0.2, 0) is 17.9 Å². The first kappa shape index (κ1) is 11.6. The fourth-order valence-electron chi connectivity index (χ4n) is 1.49. The van der Waals surface area contributed by atoms with Crippen LogP contribution in [0.3, 0.4) is 0 Å². The van der Waals surface area contributed by atoms with Crippen molar-refractivity contribution in [2.24, 2.45) is 0 Å². The van der Waals surface area contributed by atoms with Crippen LogP contribution in [0, 0.1) is 0 Å². The molecule has 0 spiro atoms. The van der Waals surface area contributed by atoms with Gasteiger partial charge in [-0.3, -0.25) is 0 Å². The van der Waals surface area contributed by atoms with Crippen molar-refractivity contribution in [1.82, 2.24) is 15.0 Å². The first-order valence-electron chi connectivity index (χ1n) is 5.62. The third kappa shape index (κ3) is 3.88. The molecular weight excluding hydrogens is 216 g/mol. The van der Waals surface area contributed by atoms with Gasteiger partial charge in [0.1, 0.15) is 0 Å². The summed E-state index contributed by atoms with van der Waals surface area (Å²) in [5.74, 6) is 0.454. The van der Waals surface area contributed by atoms with Crippen molar-refractivity contribution in [2.75, 3.05) is 12.3 Å². The third-order valence-corrected chi connectivity index (χ3v) is 2.31. The van der Waals surface area contributed by atoms with Gasteiger partial charge in [-0.05, 0) is 12.0 Å². The van der Waals surface area contributed by atoms with Crippen LogP contribution in [0.2, 0.25) is 0 Å². The summed E-state index contributed by atoms with van der Waals surface area (Å²) in [5, 5.41) is 7.99. The number of anilines is 1. The van der Waals surface area contributed by atoms with E-state index in [2.05, 4.69) is 22.3 Å². The molecule has 0 aliphatic carbocycles. The lowest BCUT2D eigenvalue weighted by Gasteiger charge is -2.03. The largest absolute Gasteiger partial charge is 0.381 e. The van der Waals surface area contributed by atoms with E-state index in [0.717, 1.165) is 13.0 Å². The molecule has 2 rings (SSSR count). The van der Waals surface area contributed by atoms with Crippen molar-refractivity contribution in [3.8, 4) is 0 Å². The lowest BCUT2D eigenvalue weighted by atomic mass is 10.2. The SMILES string of the molecule is Nc1cnn(CCCOCc2ccccc2)n1. The summed E-state index contributed by atoms with van der Waals surface area (Å²) < 4.78 is 5.55. The van der Waals surface area contributed by atoms with E-state index in [9.17, 15) is 0 Å². The number of hydrogen-bond acceptors (Lipinski definition) is 4. The second-order valence-corrected chi connectivity index (χ2v) is 3.76. The van der Waals surface area contributed by atoms with Crippen LogP contribution in [-0.4, -0.2) is 21.6 Å². The summed E-state index contributed by atoms with van der Waals surface area (Å²) in [6.07, 6.45) is 2.42. The van der Waals surface area contributed by atoms with Crippen LogP contribution in [0.1, 0.15) is 12.0 Å². The van der Waals surface area contributed by atoms with Crippen LogP contribution in [0.25, 0.3) is 0 Å². The Balaban J connectivity index is 1.61. The molecule has 5 heteroatoms. The third-order valence-electron chi connectivity index (χ3n) is 2.31. The quantitative estimate of drug-likeness (QED) is 0.766. The maximum atomic E-state index is 5.55. The molecule has 0 unspecified atom stereocenters. The van der Waals surface area contributed by atoms with E-state index in [-0.39, 0.29) is 0 Å². The molecule has 17 heavy (non-hydrogen) atoms. The van der Waals surface area contributed by atoms with E-state index in [1.807, 2.05) is 18.2 Å². The van der Waals surface area contributed by atoms with Crippen molar-refractivity contribution >= 4 is 5.82 Å². The van der Waals surface area contributed by atoms with Gasteiger partial charge in [-0.15, -0.1) is 5.10 Å². The number of nitrogens with two attached hydrogens (primary N) is 1. The molecule has 2 aromatic rings. The van der Waals surface area contributed by atoms with Gasteiger partial charge in [0.05, 0.1) is 19.3 Å². The van der Waals surface area contributed by atoms with E-state index in [1.54, 1.807) is 11.0 Å². The van der Waals surface area contributed by atoms with Crippen LogP contribution in [0.4, 0.5) is 5.82 Å². The van der Waals surface area contributed by atoms with Crippen LogP contribution < -0.4 is 5.73 Å². The molecule has 0 fully saturated rings. The van der Waals surface area contributed by atoms with E-state index in [1.165, 1.54) is 5.56 Å². The summed E-state index contributed by atoms with van der Waals surface area (Å²) in [7, 11) is 0. The molecule has 1 aromatic heterocycles. The predicted molar refractivity (Wildman–Crippen MR) is 65.1 cm³/mol. The summed E-state index contributed by atoms with van der Waals surface area (Å²) in [6, 6.07) is 10.1. The average Bonchev–Trinajstić information content (AvgIpc) is 2.76. The molecule has 5 nitrogen and oxygen atoms in total. The fourth-order valence-corrected chi connectivity index (χ4v) is 1.49. The second-order valence-electron chi connectivity index (χ2n) is 3.76. The van der Waals surface area contributed by atoms with Crippen LogP contribution in [0.5, 0.6) is 0 Å². The Morgan fingerprint density at radius 2 is 2.06 bits per heavy atom. The molecule has 0 saturated heterocycles. The number of aromatic nitrogens is 3. The smallest absolute Gasteiger partial charge is 0.165 e. The fraction of sp³-hybridized carbons (Fsp3) is 0.333. The van der Waals surface area contributed by atoms with Gasteiger partial charge < -0.3 is 10.5 Å². The predicted octanol–water partition coefficient (Wildman–Crippen LogP) is 1.47. The minimum atomic E-state index is 0.454. The number of rotatable bonds is 6. The highest BCUT2D eigenvalue weighted by molar-refractivity contribution is 5.19. The minimum Gasteiger partial charge on any atom is -0.381 e. The Labute approximate surface area is 100 Å². The Hall–Kier alpha value is -1.88. The molecule has 2 N–H and O–H groups in total. The van der Waals surface area contributed by atoms with Crippen molar-refractivity contribution in [1.29, 1.82) is 0 Å². The van der Waals surface area contributed by atoms with Gasteiger partial charge in [0.15, 0.2) is 5.82 Å². The molecule has 90 valence electrons. The zero-order valence-corrected chi connectivity index (χ0v) is 9.62. The highest BCUT2D eigenvalue weighted by Crippen LogP contribution is 2.01.